The largest absolute Gasteiger partial charge is 0.496 e. The molecule has 0 radical (unpaired) electrons. The highest BCUT2D eigenvalue weighted by Crippen LogP contribution is 2.39. The average molecular weight is 617 g/mol. The smallest absolute Gasteiger partial charge is 0.419 e. The Balaban J connectivity index is 1.58. The van der Waals surface area contributed by atoms with Crippen LogP contribution in [0.25, 0.3) is 0 Å². The van der Waals surface area contributed by atoms with E-state index in [4.69, 9.17) is 32.7 Å². The number of alkyl halides is 3. The molecule has 2 fully saturated rings. The van der Waals surface area contributed by atoms with Crippen LogP contribution in [0, 0.1) is 5.92 Å². The van der Waals surface area contributed by atoms with Crippen LogP contribution < -0.4 is 4.74 Å². The fourth-order valence-electron chi connectivity index (χ4n) is 5.73. The van der Waals surface area contributed by atoms with Crippen molar-refractivity contribution in [1.29, 1.82) is 0 Å². The van der Waals surface area contributed by atoms with E-state index in [1.807, 2.05) is 6.07 Å². The number of rotatable bonds is 8. The molecular weight excluding hydrogens is 582 g/mol. The third-order valence-corrected chi connectivity index (χ3v) is 8.83. The first kappa shape index (κ1) is 31.4. The molecule has 224 valence electrons. The number of benzene rings is 2. The van der Waals surface area contributed by atoms with E-state index in [1.54, 1.807) is 31.2 Å². The van der Waals surface area contributed by atoms with Crippen molar-refractivity contribution in [1.82, 2.24) is 14.7 Å². The van der Waals surface area contributed by atoms with Gasteiger partial charge in [-0.1, -0.05) is 29.3 Å². The molecule has 2 aliphatic heterocycles. The van der Waals surface area contributed by atoms with Gasteiger partial charge in [-0.15, -0.1) is 0 Å². The lowest BCUT2D eigenvalue weighted by Crippen LogP contribution is -2.44. The van der Waals surface area contributed by atoms with Crippen LogP contribution in [0.1, 0.15) is 40.2 Å². The van der Waals surface area contributed by atoms with Crippen LogP contribution in [0.2, 0.25) is 10.0 Å². The first-order valence-electron chi connectivity index (χ1n) is 13.4. The van der Waals surface area contributed by atoms with Crippen LogP contribution in [0.5, 0.6) is 5.75 Å². The van der Waals surface area contributed by atoms with Crippen LogP contribution >= 0.6 is 23.2 Å². The predicted molar refractivity (Wildman–Crippen MR) is 151 cm³/mol. The normalized spacial score (nSPS) is 20.3. The summed E-state index contributed by atoms with van der Waals surface area (Å²) < 4.78 is 51.0. The summed E-state index contributed by atoms with van der Waals surface area (Å²) in [5.41, 5.74) is -0.360. The molecule has 2 unspecified atom stereocenters. The summed E-state index contributed by atoms with van der Waals surface area (Å²) in [7, 11) is 4.36. The predicted octanol–water partition coefficient (Wildman–Crippen LogP) is 5.45. The van der Waals surface area contributed by atoms with Gasteiger partial charge in [-0.3, -0.25) is 9.59 Å². The molecule has 4 rings (SSSR count). The lowest BCUT2D eigenvalue weighted by molar-refractivity contribution is -0.139. The maximum atomic E-state index is 13.7. The molecule has 0 N–H and O–H groups in total. The minimum atomic E-state index is -4.70. The number of piperidine rings is 1. The van der Waals surface area contributed by atoms with E-state index in [2.05, 4.69) is 4.90 Å². The molecule has 2 aromatic rings. The summed E-state index contributed by atoms with van der Waals surface area (Å²) in [6.45, 7) is 3.64. The van der Waals surface area contributed by atoms with Crippen molar-refractivity contribution in [2.75, 3.05) is 60.6 Å². The number of carbonyl (C=O) groups excluding carboxylic acids is 2. The molecule has 2 amide bonds. The molecule has 0 aromatic heterocycles. The summed E-state index contributed by atoms with van der Waals surface area (Å²) in [6.07, 6.45) is -3.25. The molecule has 2 saturated heterocycles. The molecule has 2 atom stereocenters. The van der Waals surface area contributed by atoms with Crippen molar-refractivity contribution in [3.05, 3.63) is 63.1 Å². The Morgan fingerprint density at radius 3 is 2.34 bits per heavy atom. The van der Waals surface area contributed by atoms with Crippen LogP contribution in [0.3, 0.4) is 0 Å². The highest BCUT2D eigenvalue weighted by Gasteiger charge is 2.43. The number of hydrogen-bond donors (Lipinski definition) is 0. The lowest BCUT2D eigenvalue weighted by atomic mass is 9.93. The Labute approximate surface area is 248 Å². The highest BCUT2D eigenvalue weighted by molar-refractivity contribution is 6.42. The molecule has 2 aromatic carbocycles. The minimum Gasteiger partial charge on any atom is -0.496 e. The van der Waals surface area contributed by atoms with Crippen molar-refractivity contribution < 1.29 is 32.2 Å². The van der Waals surface area contributed by atoms with Gasteiger partial charge in [0.2, 0.25) is 5.91 Å². The Hall–Kier alpha value is -2.53. The van der Waals surface area contributed by atoms with Gasteiger partial charge in [0.1, 0.15) is 5.75 Å². The Morgan fingerprint density at radius 1 is 1.02 bits per heavy atom. The van der Waals surface area contributed by atoms with Crippen LogP contribution in [-0.2, 0) is 15.7 Å². The molecule has 12 heteroatoms. The minimum absolute atomic E-state index is 0.0219. The van der Waals surface area contributed by atoms with Crippen molar-refractivity contribution in [2.45, 2.75) is 31.0 Å². The third-order valence-electron chi connectivity index (χ3n) is 8.09. The van der Waals surface area contributed by atoms with Gasteiger partial charge in [-0.05, 0) is 61.8 Å². The van der Waals surface area contributed by atoms with Gasteiger partial charge in [0.25, 0.3) is 5.91 Å². The number of carbonyl (C=O) groups is 2. The van der Waals surface area contributed by atoms with E-state index in [1.165, 1.54) is 11.0 Å². The summed E-state index contributed by atoms with van der Waals surface area (Å²) in [6, 6.07) is 7.96. The van der Waals surface area contributed by atoms with Gasteiger partial charge >= 0.3 is 6.18 Å². The lowest BCUT2D eigenvalue weighted by Gasteiger charge is -2.33. The number of likely N-dealkylation sites (N-methyl/N-ethyl adjacent to an activating group) is 1. The maximum Gasteiger partial charge on any atom is 0.419 e. The first-order valence-corrected chi connectivity index (χ1v) is 14.2. The molecule has 0 spiro atoms. The Bertz CT molecular complexity index is 1250. The maximum absolute atomic E-state index is 13.7. The van der Waals surface area contributed by atoms with Crippen molar-refractivity contribution in [3.8, 4) is 5.75 Å². The fraction of sp³-hybridized carbons (Fsp3) is 0.517. The second-order valence-corrected chi connectivity index (χ2v) is 11.3. The number of likely N-dealkylation sites (tertiary alicyclic amines) is 2. The van der Waals surface area contributed by atoms with Gasteiger partial charge in [0, 0.05) is 51.2 Å². The molecule has 2 heterocycles. The molecule has 7 nitrogen and oxygen atoms in total. The van der Waals surface area contributed by atoms with E-state index < -0.39 is 23.7 Å². The quantitative estimate of drug-likeness (QED) is 0.395. The van der Waals surface area contributed by atoms with Crippen molar-refractivity contribution in [2.24, 2.45) is 5.92 Å². The zero-order chi connectivity index (χ0) is 29.9. The van der Waals surface area contributed by atoms with Crippen molar-refractivity contribution >= 4 is 35.0 Å². The summed E-state index contributed by atoms with van der Waals surface area (Å²) in [4.78, 5) is 32.7. The van der Waals surface area contributed by atoms with Gasteiger partial charge in [0.05, 0.1) is 35.4 Å². The highest BCUT2D eigenvalue weighted by atomic mass is 35.5. The van der Waals surface area contributed by atoms with E-state index >= 15 is 0 Å². The number of ether oxygens (including phenoxy) is 2. The zero-order valence-electron chi connectivity index (χ0n) is 23.2. The molecule has 2 aliphatic rings. The monoisotopic (exact) mass is 615 g/mol. The van der Waals surface area contributed by atoms with Gasteiger partial charge < -0.3 is 24.2 Å². The van der Waals surface area contributed by atoms with Crippen LogP contribution in [-0.4, -0.2) is 93.2 Å². The molecule has 0 aliphatic carbocycles. The second kappa shape index (κ2) is 13.2. The Morgan fingerprint density at radius 2 is 1.73 bits per heavy atom. The number of nitrogens with zero attached hydrogens (tertiary/aromatic N) is 3. The Kier molecular flexibility index (Phi) is 10.1. The number of hydrogen-bond acceptors (Lipinski definition) is 5. The molecule has 0 bridgehead atoms. The van der Waals surface area contributed by atoms with Gasteiger partial charge in [-0.2, -0.15) is 13.2 Å². The average Bonchev–Trinajstić information content (AvgIpc) is 3.41. The van der Waals surface area contributed by atoms with E-state index in [0.717, 1.165) is 57.3 Å². The molecule has 0 saturated carbocycles. The summed E-state index contributed by atoms with van der Waals surface area (Å²) in [5, 5.41) is 0.718. The van der Waals surface area contributed by atoms with Gasteiger partial charge in [0.15, 0.2) is 0 Å². The number of methoxy groups -OCH3 is 2. The standard InChI is InChI=1S/C29H34Cl2F3N3O4/c1-35(27(38)20-5-7-26(41-3)22(14-20)29(32,33)34)25-17-37(16-21(25)19-4-6-23(30)24(31)15-19)28(39)18-8-10-36(11-9-18)12-13-40-2/h4-7,14-15,18,21,25H,8-13,16-17H2,1-3H3. The first-order chi connectivity index (χ1) is 19.4. The zero-order valence-corrected chi connectivity index (χ0v) is 24.7. The topological polar surface area (TPSA) is 62.3 Å². The van der Waals surface area contributed by atoms with Crippen LogP contribution in [0.4, 0.5) is 13.2 Å². The SMILES string of the molecule is COCCN1CCC(C(=O)N2CC(c3ccc(Cl)c(Cl)c3)C(N(C)C(=O)c3ccc(OC)c(C(F)(F)F)c3)C2)CC1. The van der Waals surface area contributed by atoms with E-state index in [0.29, 0.717) is 23.2 Å². The van der Waals surface area contributed by atoms with Crippen molar-refractivity contribution in [3.63, 3.8) is 0 Å². The summed E-state index contributed by atoms with van der Waals surface area (Å²) in [5.74, 6) is -1.39. The number of halogens is 5. The van der Waals surface area contributed by atoms with E-state index in [9.17, 15) is 22.8 Å². The number of amides is 2. The van der Waals surface area contributed by atoms with E-state index in [-0.39, 0.29) is 35.6 Å². The molecule has 41 heavy (non-hydrogen) atoms. The second-order valence-electron chi connectivity index (χ2n) is 10.5. The summed E-state index contributed by atoms with van der Waals surface area (Å²) >= 11 is 12.5. The molecular formula is C29H34Cl2F3N3O4. The fourth-order valence-corrected chi connectivity index (χ4v) is 6.04. The third kappa shape index (κ3) is 7.10. The van der Waals surface area contributed by atoms with Gasteiger partial charge in [-0.25, -0.2) is 0 Å². The van der Waals surface area contributed by atoms with Crippen LogP contribution in [0.15, 0.2) is 36.4 Å².